The van der Waals surface area contributed by atoms with Gasteiger partial charge in [0.05, 0.1) is 0 Å². The van der Waals surface area contributed by atoms with Crippen LogP contribution in [0.15, 0.2) is 57.5 Å². The van der Waals surface area contributed by atoms with Crippen molar-refractivity contribution in [3.63, 3.8) is 0 Å². The van der Waals surface area contributed by atoms with Gasteiger partial charge in [-0.05, 0) is 54.1 Å². The number of allylic oxidation sites excluding steroid dienone is 1. The van der Waals surface area contributed by atoms with E-state index in [1.54, 1.807) is 6.08 Å². The van der Waals surface area contributed by atoms with Crippen molar-refractivity contribution < 1.29 is 9.18 Å². The maximum Gasteiger partial charge on any atom is 0.185 e. The molecule has 0 amide bonds. The third-order valence-corrected chi connectivity index (χ3v) is 3.36. The Hall–Kier alpha value is -1.26. The Morgan fingerprint density at radius 2 is 1.58 bits per heavy atom. The minimum atomic E-state index is -0.351. The topological polar surface area (TPSA) is 17.1 Å². The molecule has 0 saturated carbocycles. The maximum atomic E-state index is 12.7. The molecule has 4 heteroatoms. The van der Waals surface area contributed by atoms with Gasteiger partial charge in [-0.3, -0.25) is 4.79 Å². The van der Waals surface area contributed by atoms with Crippen LogP contribution >= 0.6 is 31.9 Å². The maximum absolute atomic E-state index is 12.7. The predicted molar refractivity (Wildman–Crippen MR) is 81.6 cm³/mol. The van der Waals surface area contributed by atoms with Gasteiger partial charge in [-0.2, -0.15) is 0 Å². The van der Waals surface area contributed by atoms with Crippen LogP contribution < -0.4 is 0 Å². The highest BCUT2D eigenvalue weighted by Gasteiger charge is 2.02. The molecule has 0 saturated heterocycles. The van der Waals surface area contributed by atoms with Gasteiger partial charge in [0, 0.05) is 14.5 Å². The van der Waals surface area contributed by atoms with E-state index in [1.165, 1.54) is 30.3 Å². The van der Waals surface area contributed by atoms with Crippen molar-refractivity contribution in [3.05, 3.63) is 74.4 Å². The molecule has 0 aliphatic heterocycles. The first-order valence-electron chi connectivity index (χ1n) is 5.49. The first-order chi connectivity index (χ1) is 9.04. The minimum Gasteiger partial charge on any atom is -0.289 e. The van der Waals surface area contributed by atoms with Gasteiger partial charge < -0.3 is 0 Å². The van der Waals surface area contributed by atoms with Crippen LogP contribution in [0.3, 0.4) is 0 Å². The molecular formula is C15H9Br2FO. The van der Waals surface area contributed by atoms with Crippen molar-refractivity contribution >= 4 is 43.7 Å². The molecule has 0 N–H and O–H groups in total. The Bertz CT molecular complexity index is 613. The number of ketones is 1. The van der Waals surface area contributed by atoms with Gasteiger partial charge in [-0.25, -0.2) is 4.39 Å². The van der Waals surface area contributed by atoms with E-state index in [2.05, 4.69) is 31.9 Å². The normalized spacial score (nSPS) is 10.9. The first-order valence-corrected chi connectivity index (χ1v) is 7.07. The van der Waals surface area contributed by atoms with Crippen LogP contribution in [0.4, 0.5) is 4.39 Å². The number of rotatable bonds is 3. The van der Waals surface area contributed by atoms with Gasteiger partial charge in [0.25, 0.3) is 0 Å². The van der Waals surface area contributed by atoms with Gasteiger partial charge in [0.2, 0.25) is 0 Å². The van der Waals surface area contributed by atoms with Crippen LogP contribution in [0.1, 0.15) is 15.9 Å². The lowest BCUT2D eigenvalue weighted by molar-refractivity contribution is 0.104. The Morgan fingerprint density at radius 1 is 1.00 bits per heavy atom. The van der Waals surface area contributed by atoms with Gasteiger partial charge in [0.15, 0.2) is 5.78 Å². The number of hydrogen-bond acceptors (Lipinski definition) is 1. The smallest absolute Gasteiger partial charge is 0.185 e. The minimum absolute atomic E-state index is 0.156. The molecule has 0 heterocycles. The van der Waals surface area contributed by atoms with E-state index >= 15 is 0 Å². The summed E-state index contributed by atoms with van der Waals surface area (Å²) in [4.78, 5) is 11.9. The van der Waals surface area contributed by atoms with Crippen LogP contribution in [-0.2, 0) is 0 Å². The molecule has 0 fully saturated rings. The summed E-state index contributed by atoms with van der Waals surface area (Å²) in [7, 11) is 0. The molecule has 2 rings (SSSR count). The van der Waals surface area contributed by atoms with Crippen molar-refractivity contribution in [2.75, 3.05) is 0 Å². The van der Waals surface area contributed by atoms with Gasteiger partial charge in [-0.15, -0.1) is 0 Å². The van der Waals surface area contributed by atoms with E-state index in [0.717, 1.165) is 14.5 Å². The molecule has 0 atom stereocenters. The Kier molecular flexibility index (Phi) is 4.66. The Morgan fingerprint density at radius 3 is 2.16 bits per heavy atom. The molecule has 0 aromatic heterocycles. The molecule has 1 nitrogen and oxygen atoms in total. The summed E-state index contributed by atoms with van der Waals surface area (Å²) in [5.41, 5.74) is 1.36. The van der Waals surface area contributed by atoms with Gasteiger partial charge in [0.1, 0.15) is 5.82 Å². The van der Waals surface area contributed by atoms with Crippen molar-refractivity contribution in [1.29, 1.82) is 0 Å². The summed E-state index contributed by atoms with van der Waals surface area (Å²) >= 11 is 6.76. The number of hydrogen-bond donors (Lipinski definition) is 0. The number of benzene rings is 2. The van der Waals surface area contributed by atoms with Gasteiger partial charge in [-0.1, -0.05) is 37.9 Å². The van der Waals surface area contributed by atoms with Crippen LogP contribution in [-0.4, -0.2) is 5.78 Å². The molecule has 19 heavy (non-hydrogen) atoms. The molecular weight excluding hydrogens is 375 g/mol. The van der Waals surface area contributed by atoms with Crippen LogP contribution in [0.25, 0.3) is 6.08 Å². The Labute approximate surface area is 127 Å². The highest BCUT2D eigenvalue weighted by atomic mass is 79.9. The fraction of sp³-hybridized carbons (Fsp3) is 0. The molecule has 0 aliphatic carbocycles. The molecule has 2 aromatic carbocycles. The predicted octanol–water partition coefficient (Wildman–Crippen LogP) is 5.25. The molecule has 0 spiro atoms. The highest BCUT2D eigenvalue weighted by molar-refractivity contribution is 9.11. The monoisotopic (exact) mass is 382 g/mol. The second kappa shape index (κ2) is 6.26. The number of carbonyl (C=O) groups is 1. The zero-order valence-electron chi connectivity index (χ0n) is 9.74. The summed E-state index contributed by atoms with van der Waals surface area (Å²) in [6.07, 6.45) is 3.20. The third-order valence-electron chi connectivity index (χ3n) is 2.44. The second-order valence-corrected chi connectivity index (χ2v) is 5.74. The molecule has 0 unspecified atom stereocenters. The molecule has 0 bridgehead atoms. The van der Waals surface area contributed by atoms with Crippen LogP contribution in [0.2, 0.25) is 0 Å². The summed E-state index contributed by atoms with van der Waals surface area (Å²) in [5, 5.41) is 0. The quantitative estimate of drug-likeness (QED) is 0.522. The fourth-order valence-electron chi connectivity index (χ4n) is 1.55. The van der Waals surface area contributed by atoms with Crippen molar-refractivity contribution in [3.8, 4) is 0 Å². The van der Waals surface area contributed by atoms with Crippen molar-refractivity contribution in [1.82, 2.24) is 0 Å². The van der Waals surface area contributed by atoms with E-state index in [-0.39, 0.29) is 11.6 Å². The van der Waals surface area contributed by atoms with Crippen molar-refractivity contribution in [2.24, 2.45) is 0 Å². The standard InChI is InChI=1S/C15H9Br2FO/c16-12-7-10(8-13(17)9-12)1-6-15(19)11-2-4-14(18)5-3-11/h1-9H. The van der Waals surface area contributed by atoms with Crippen molar-refractivity contribution in [2.45, 2.75) is 0 Å². The zero-order chi connectivity index (χ0) is 13.8. The zero-order valence-corrected chi connectivity index (χ0v) is 12.9. The summed E-state index contributed by atoms with van der Waals surface area (Å²) in [6.45, 7) is 0. The lowest BCUT2D eigenvalue weighted by Gasteiger charge is -1.98. The summed E-state index contributed by atoms with van der Waals surface area (Å²) < 4.78 is 14.6. The average molecular weight is 384 g/mol. The van der Waals surface area contributed by atoms with Crippen LogP contribution in [0, 0.1) is 5.82 Å². The van der Waals surface area contributed by atoms with Crippen LogP contribution in [0.5, 0.6) is 0 Å². The van der Waals surface area contributed by atoms with Gasteiger partial charge >= 0.3 is 0 Å². The molecule has 2 aromatic rings. The Balaban J connectivity index is 2.18. The third kappa shape index (κ3) is 4.11. The molecule has 0 radical (unpaired) electrons. The number of halogens is 3. The lowest BCUT2D eigenvalue weighted by Crippen LogP contribution is -1.93. The lowest BCUT2D eigenvalue weighted by atomic mass is 10.1. The molecule has 0 aliphatic rings. The summed E-state index contributed by atoms with van der Waals surface area (Å²) in [6, 6.07) is 11.2. The summed E-state index contributed by atoms with van der Waals surface area (Å²) in [5.74, 6) is -0.507. The number of carbonyl (C=O) groups excluding carboxylic acids is 1. The first kappa shape index (κ1) is 14.2. The van der Waals surface area contributed by atoms with E-state index in [1.807, 2.05) is 18.2 Å². The van der Waals surface area contributed by atoms with E-state index in [9.17, 15) is 9.18 Å². The molecule has 96 valence electrons. The van der Waals surface area contributed by atoms with E-state index in [0.29, 0.717) is 5.56 Å². The second-order valence-electron chi connectivity index (χ2n) is 3.91. The fourth-order valence-corrected chi connectivity index (χ4v) is 2.88. The van der Waals surface area contributed by atoms with E-state index < -0.39 is 0 Å². The highest BCUT2D eigenvalue weighted by Crippen LogP contribution is 2.21. The van der Waals surface area contributed by atoms with E-state index in [4.69, 9.17) is 0 Å². The SMILES string of the molecule is O=C(C=Cc1cc(Br)cc(Br)c1)c1ccc(F)cc1. The largest absolute Gasteiger partial charge is 0.289 e. The average Bonchev–Trinajstić information content (AvgIpc) is 2.36.